The minimum absolute atomic E-state index is 0.198. The van der Waals surface area contributed by atoms with Gasteiger partial charge >= 0.3 is 0 Å². The van der Waals surface area contributed by atoms with E-state index in [0.717, 1.165) is 27.7 Å². The Balaban J connectivity index is 1.59. The fourth-order valence-corrected chi connectivity index (χ4v) is 3.55. The highest BCUT2D eigenvalue weighted by Crippen LogP contribution is 2.29. The Morgan fingerprint density at radius 2 is 1.90 bits per heavy atom. The number of nitrogens with zero attached hydrogens (tertiary/aromatic N) is 2. The van der Waals surface area contributed by atoms with Crippen LogP contribution in [0.2, 0.25) is 5.02 Å². The molecule has 0 spiro atoms. The molecule has 1 atom stereocenters. The van der Waals surface area contributed by atoms with E-state index in [2.05, 4.69) is 21.6 Å². The van der Waals surface area contributed by atoms with Gasteiger partial charge in [-0.25, -0.2) is 4.98 Å². The molecule has 3 nitrogen and oxygen atoms in total. The minimum Gasteiger partial charge on any atom is -0.302 e. The van der Waals surface area contributed by atoms with Crippen LogP contribution in [0.4, 0.5) is 0 Å². The molecule has 0 aliphatic carbocycles. The van der Waals surface area contributed by atoms with Gasteiger partial charge in [0.15, 0.2) is 0 Å². The van der Waals surface area contributed by atoms with Gasteiger partial charge in [-0.2, -0.15) is 5.10 Å². The van der Waals surface area contributed by atoms with Crippen molar-refractivity contribution in [3.8, 4) is 0 Å². The summed E-state index contributed by atoms with van der Waals surface area (Å²) in [6.45, 7) is 0. The van der Waals surface area contributed by atoms with E-state index >= 15 is 0 Å². The number of rotatable bonds is 2. The highest BCUT2D eigenvalue weighted by Gasteiger charge is 2.23. The lowest BCUT2D eigenvalue weighted by Crippen LogP contribution is -2.09. The van der Waals surface area contributed by atoms with Crippen LogP contribution in [0.25, 0.3) is 10.2 Å². The Bertz CT molecular complexity index is 790. The third-order valence-electron chi connectivity index (χ3n) is 3.57. The lowest BCUT2D eigenvalue weighted by atomic mass is 10.0. The highest BCUT2D eigenvalue weighted by molar-refractivity contribution is 7.20. The summed E-state index contributed by atoms with van der Waals surface area (Å²) in [4.78, 5) is 4.66. The van der Waals surface area contributed by atoms with Crippen LogP contribution in [0.15, 0.2) is 53.6 Å². The van der Waals surface area contributed by atoms with Crippen molar-refractivity contribution in [2.75, 3.05) is 0 Å². The van der Waals surface area contributed by atoms with Gasteiger partial charge in [0.2, 0.25) is 0 Å². The third kappa shape index (κ3) is 2.41. The standard InChI is InChI=1S/C16H12ClN3S/c17-11-7-5-10(6-8-11)13-9-14(20-19-13)16-18-12-3-1-2-4-15(12)21-16/h1-8,13,19H,9H2. The van der Waals surface area contributed by atoms with Gasteiger partial charge in [-0.1, -0.05) is 35.9 Å². The van der Waals surface area contributed by atoms with E-state index in [0.29, 0.717) is 0 Å². The molecule has 3 aromatic rings. The van der Waals surface area contributed by atoms with Crippen molar-refractivity contribution in [1.29, 1.82) is 0 Å². The molecule has 21 heavy (non-hydrogen) atoms. The Morgan fingerprint density at radius 3 is 2.71 bits per heavy atom. The molecule has 0 bridgehead atoms. The summed E-state index contributed by atoms with van der Waals surface area (Å²) >= 11 is 7.62. The molecular formula is C16H12ClN3S. The molecule has 0 amide bonds. The molecule has 4 rings (SSSR count). The van der Waals surface area contributed by atoms with Crippen LogP contribution in [0, 0.1) is 0 Å². The first-order valence-electron chi connectivity index (χ1n) is 6.73. The maximum atomic E-state index is 5.93. The average Bonchev–Trinajstić information content (AvgIpc) is 3.14. The molecule has 2 aromatic carbocycles. The van der Waals surface area contributed by atoms with Crippen LogP contribution in [-0.2, 0) is 0 Å². The molecule has 0 radical (unpaired) electrons. The number of hydrogen-bond acceptors (Lipinski definition) is 4. The number of para-hydroxylation sites is 1. The molecule has 1 aromatic heterocycles. The smallest absolute Gasteiger partial charge is 0.140 e. The lowest BCUT2D eigenvalue weighted by Gasteiger charge is -2.09. The molecule has 5 heteroatoms. The maximum absolute atomic E-state index is 5.93. The zero-order valence-corrected chi connectivity index (χ0v) is 12.7. The number of hydrogen-bond donors (Lipinski definition) is 1. The van der Waals surface area contributed by atoms with Gasteiger partial charge in [-0.05, 0) is 29.8 Å². The number of benzene rings is 2. The Labute approximate surface area is 131 Å². The quantitative estimate of drug-likeness (QED) is 0.762. The number of hydrazone groups is 1. The molecule has 0 saturated carbocycles. The van der Waals surface area contributed by atoms with Gasteiger partial charge < -0.3 is 5.43 Å². The van der Waals surface area contributed by atoms with Crippen molar-refractivity contribution >= 4 is 38.9 Å². The zero-order chi connectivity index (χ0) is 14.2. The van der Waals surface area contributed by atoms with Crippen LogP contribution in [-0.4, -0.2) is 10.7 Å². The molecule has 1 N–H and O–H groups in total. The fraction of sp³-hybridized carbons (Fsp3) is 0.125. The van der Waals surface area contributed by atoms with Gasteiger partial charge in [-0.15, -0.1) is 11.3 Å². The number of halogens is 1. The van der Waals surface area contributed by atoms with Crippen molar-refractivity contribution in [2.24, 2.45) is 5.10 Å². The van der Waals surface area contributed by atoms with Gasteiger partial charge in [-0.3, -0.25) is 0 Å². The second-order valence-corrected chi connectivity index (χ2v) is 6.45. The Kier molecular flexibility index (Phi) is 3.13. The van der Waals surface area contributed by atoms with Crippen LogP contribution < -0.4 is 5.43 Å². The third-order valence-corrected chi connectivity index (χ3v) is 4.90. The number of aromatic nitrogens is 1. The van der Waals surface area contributed by atoms with Crippen LogP contribution in [0.1, 0.15) is 23.0 Å². The molecule has 0 saturated heterocycles. The minimum atomic E-state index is 0.198. The molecular weight excluding hydrogens is 302 g/mol. The van der Waals surface area contributed by atoms with E-state index in [1.807, 2.05) is 42.5 Å². The summed E-state index contributed by atoms with van der Waals surface area (Å²) in [6.07, 6.45) is 0.849. The SMILES string of the molecule is Clc1ccc(C2CC(c3nc4ccccc4s3)=NN2)cc1. The second-order valence-electron chi connectivity index (χ2n) is 4.98. The molecule has 1 unspecified atom stereocenters. The predicted molar refractivity (Wildman–Crippen MR) is 88.1 cm³/mol. The number of fused-ring (bicyclic) bond motifs is 1. The largest absolute Gasteiger partial charge is 0.302 e. The van der Waals surface area contributed by atoms with Crippen molar-refractivity contribution in [3.63, 3.8) is 0 Å². The predicted octanol–water partition coefficient (Wildman–Crippen LogP) is 4.39. The summed E-state index contributed by atoms with van der Waals surface area (Å²) in [5.74, 6) is 0. The molecule has 1 aliphatic rings. The summed E-state index contributed by atoms with van der Waals surface area (Å²) in [6, 6.07) is 16.3. The van der Waals surface area contributed by atoms with Crippen molar-refractivity contribution in [1.82, 2.24) is 10.4 Å². The second kappa shape index (κ2) is 5.13. The van der Waals surface area contributed by atoms with Crippen LogP contribution in [0.5, 0.6) is 0 Å². The zero-order valence-electron chi connectivity index (χ0n) is 11.1. The summed E-state index contributed by atoms with van der Waals surface area (Å²) in [5, 5.41) is 6.22. The first-order chi connectivity index (χ1) is 10.3. The van der Waals surface area contributed by atoms with E-state index in [-0.39, 0.29) is 6.04 Å². The van der Waals surface area contributed by atoms with Gasteiger partial charge in [0.25, 0.3) is 0 Å². The monoisotopic (exact) mass is 313 g/mol. The normalized spacial score (nSPS) is 17.8. The molecule has 0 fully saturated rings. The van der Waals surface area contributed by atoms with Crippen molar-refractivity contribution in [3.05, 3.63) is 64.1 Å². The summed E-state index contributed by atoms with van der Waals surface area (Å²) < 4.78 is 1.20. The van der Waals surface area contributed by atoms with E-state index in [1.165, 1.54) is 10.3 Å². The van der Waals surface area contributed by atoms with Gasteiger partial charge in [0.05, 0.1) is 22.0 Å². The molecule has 1 aliphatic heterocycles. The maximum Gasteiger partial charge on any atom is 0.140 e. The van der Waals surface area contributed by atoms with Crippen LogP contribution in [0.3, 0.4) is 0 Å². The highest BCUT2D eigenvalue weighted by atomic mass is 35.5. The van der Waals surface area contributed by atoms with Crippen molar-refractivity contribution in [2.45, 2.75) is 12.5 Å². The van der Waals surface area contributed by atoms with E-state index < -0.39 is 0 Å². The summed E-state index contributed by atoms with van der Waals surface area (Å²) in [5.41, 5.74) is 6.45. The van der Waals surface area contributed by atoms with Gasteiger partial charge in [0, 0.05) is 11.4 Å². The first kappa shape index (κ1) is 12.8. The van der Waals surface area contributed by atoms with E-state index in [4.69, 9.17) is 11.6 Å². The van der Waals surface area contributed by atoms with Gasteiger partial charge in [0.1, 0.15) is 5.01 Å². The average molecular weight is 314 g/mol. The molecule has 2 heterocycles. The Morgan fingerprint density at radius 1 is 1.10 bits per heavy atom. The van der Waals surface area contributed by atoms with E-state index in [9.17, 15) is 0 Å². The first-order valence-corrected chi connectivity index (χ1v) is 7.92. The number of thiazole rings is 1. The van der Waals surface area contributed by atoms with Crippen molar-refractivity contribution < 1.29 is 0 Å². The fourth-order valence-electron chi connectivity index (χ4n) is 2.46. The topological polar surface area (TPSA) is 37.3 Å². The van der Waals surface area contributed by atoms with Crippen LogP contribution >= 0.6 is 22.9 Å². The Hall–Kier alpha value is -1.91. The number of nitrogens with one attached hydrogen (secondary N) is 1. The molecule has 104 valence electrons. The lowest BCUT2D eigenvalue weighted by molar-refractivity contribution is 0.620. The van der Waals surface area contributed by atoms with E-state index in [1.54, 1.807) is 11.3 Å². The summed E-state index contributed by atoms with van der Waals surface area (Å²) in [7, 11) is 0.